The Morgan fingerprint density at radius 2 is 2.10 bits per heavy atom. The highest BCUT2D eigenvalue weighted by molar-refractivity contribution is 5.56. The lowest BCUT2D eigenvalue weighted by Crippen LogP contribution is -2.27. The first-order valence-corrected chi connectivity index (χ1v) is 9.66. The molecule has 1 atom stereocenters. The number of nitrogens with zero attached hydrogens (tertiary/aromatic N) is 4. The molecule has 1 aliphatic heterocycles. The molecule has 0 fully saturated rings. The van der Waals surface area contributed by atoms with E-state index in [4.69, 9.17) is 10.5 Å². The second-order valence-electron chi connectivity index (χ2n) is 7.07. The summed E-state index contributed by atoms with van der Waals surface area (Å²) < 4.78 is 7.49. The molecule has 0 amide bonds. The molecule has 0 spiro atoms. The summed E-state index contributed by atoms with van der Waals surface area (Å²) in [7, 11) is 1.80. The Labute approximate surface area is 171 Å². The van der Waals surface area contributed by atoms with E-state index >= 15 is 0 Å². The molecule has 0 bridgehead atoms. The molecule has 1 aromatic heterocycles. The van der Waals surface area contributed by atoms with Crippen LogP contribution in [0, 0.1) is 17.2 Å². The molecule has 0 aliphatic carbocycles. The largest absolute Gasteiger partial charge is 0.424 e. The highest BCUT2D eigenvalue weighted by atomic mass is 16.5. The van der Waals surface area contributed by atoms with Gasteiger partial charge in [0.25, 0.3) is 0 Å². The Balaban J connectivity index is 2.17. The van der Waals surface area contributed by atoms with E-state index in [9.17, 15) is 5.26 Å². The maximum absolute atomic E-state index is 9.87. The number of aromatic nitrogens is 3. The molecule has 1 aromatic carbocycles. The molecule has 0 saturated heterocycles. The zero-order valence-corrected chi connectivity index (χ0v) is 17.2. The summed E-state index contributed by atoms with van der Waals surface area (Å²) in [5.74, 6) is 0.653. The molecular weight excluding hydrogens is 364 g/mol. The van der Waals surface area contributed by atoms with Gasteiger partial charge in [0.15, 0.2) is 5.88 Å². The van der Waals surface area contributed by atoms with Crippen molar-refractivity contribution in [3.8, 4) is 11.8 Å². The summed E-state index contributed by atoms with van der Waals surface area (Å²) in [5, 5.41) is 17.2. The zero-order chi connectivity index (χ0) is 21.0. The van der Waals surface area contributed by atoms with Gasteiger partial charge in [0, 0.05) is 12.6 Å². The SMILES string of the molecule is CC/C=C(/C1=C(NC)OC(N)=C(C#N)C1c1ccc(-n2cncn2)cc1)C(C)C. The standard InChI is InChI=1S/C22H26N6O/c1-5-6-17(14(2)3)20-19(18(11-23)21(24)29-22(20)25-4)15-7-9-16(10-8-15)28-13-26-12-27-28/h6-10,12-14,19,25H,5,24H2,1-4H3/b17-6+. The van der Waals surface area contributed by atoms with Gasteiger partial charge in [0.1, 0.15) is 24.3 Å². The first-order valence-electron chi connectivity index (χ1n) is 9.66. The van der Waals surface area contributed by atoms with Crippen LogP contribution >= 0.6 is 0 Å². The van der Waals surface area contributed by atoms with Crippen LogP contribution in [0.15, 0.2) is 71.5 Å². The lowest BCUT2D eigenvalue weighted by Gasteiger charge is -2.31. The third-order valence-electron chi connectivity index (χ3n) is 4.91. The van der Waals surface area contributed by atoms with E-state index < -0.39 is 0 Å². The van der Waals surface area contributed by atoms with Crippen LogP contribution in [0.25, 0.3) is 5.69 Å². The van der Waals surface area contributed by atoms with Gasteiger partial charge in [-0.05, 0) is 35.6 Å². The van der Waals surface area contributed by atoms with Gasteiger partial charge in [0.2, 0.25) is 5.88 Å². The van der Waals surface area contributed by atoms with Crippen LogP contribution in [0.2, 0.25) is 0 Å². The van der Waals surface area contributed by atoms with Crippen LogP contribution in [-0.4, -0.2) is 21.8 Å². The van der Waals surface area contributed by atoms with Gasteiger partial charge in [0.05, 0.1) is 11.6 Å². The Hall–Kier alpha value is -3.53. The third kappa shape index (κ3) is 3.87. The van der Waals surface area contributed by atoms with Crippen LogP contribution < -0.4 is 11.1 Å². The highest BCUT2D eigenvalue weighted by Crippen LogP contribution is 2.43. The molecule has 7 heteroatoms. The van der Waals surface area contributed by atoms with E-state index in [1.165, 1.54) is 6.33 Å². The summed E-state index contributed by atoms with van der Waals surface area (Å²) in [6, 6.07) is 10.2. The second kappa shape index (κ2) is 8.65. The first-order chi connectivity index (χ1) is 14.0. The lowest BCUT2D eigenvalue weighted by molar-refractivity contribution is 0.256. The molecule has 1 aliphatic rings. The molecule has 0 radical (unpaired) electrons. The maximum atomic E-state index is 9.87. The van der Waals surface area contributed by atoms with Crippen molar-refractivity contribution < 1.29 is 4.74 Å². The van der Waals surface area contributed by atoms with Crippen LogP contribution in [0.1, 0.15) is 38.7 Å². The Morgan fingerprint density at radius 3 is 2.62 bits per heavy atom. The molecular formula is C22H26N6O. The second-order valence-corrected chi connectivity index (χ2v) is 7.07. The van der Waals surface area contributed by atoms with Gasteiger partial charge in [-0.3, -0.25) is 0 Å². The Morgan fingerprint density at radius 1 is 1.38 bits per heavy atom. The molecule has 3 rings (SSSR count). The van der Waals surface area contributed by atoms with E-state index in [0.717, 1.165) is 28.8 Å². The molecule has 3 N–H and O–H groups in total. The minimum atomic E-state index is -0.318. The lowest BCUT2D eigenvalue weighted by atomic mass is 9.77. The van der Waals surface area contributed by atoms with Gasteiger partial charge in [-0.25, -0.2) is 9.67 Å². The molecule has 7 nitrogen and oxygen atoms in total. The number of nitrogens with one attached hydrogen (secondary N) is 1. The number of rotatable bonds is 6. The average Bonchev–Trinajstić information content (AvgIpc) is 3.26. The Bertz CT molecular complexity index is 991. The number of allylic oxidation sites excluding steroid dienone is 4. The number of hydrogen-bond donors (Lipinski definition) is 2. The van der Waals surface area contributed by atoms with Gasteiger partial charge >= 0.3 is 0 Å². The summed E-state index contributed by atoms with van der Waals surface area (Å²) in [4.78, 5) is 3.99. The van der Waals surface area contributed by atoms with Crippen LogP contribution in [0.3, 0.4) is 0 Å². The molecule has 0 saturated carbocycles. The average molecular weight is 390 g/mol. The summed E-state index contributed by atoms with van der Waals surface area (Å²) in [6.07, 6.45) is 6.21. The van der Waals surface area contributed by atoms with Crippen molar-refractivity contribution in [2.75, 3.05) is 7.05 Å². The molecule has 150 valence electrons. The maximum Gasteiger partial charge on any atom is 0.207 e. The fraction of sp³-hybridized carbons (Fsp3) is 0.318. The van der Waals surface area contributed by atoms with Crippen molar-refractivity contribution >= 4 is 0 Å². The smallest absolute Gasteiger partial charge is 0.207 e. The van der Waals surface area contributed by atoms with Crippen LogP contribution in [0.4, 0.5) is 0 Å². The topological polar surface area (TPSA) is 102 Å². The number of hydrogen-bond acceptors (Lipinski definition) is 6. The summed E-state index contributed by atoms with van der Waals surface area (Å²) in [6.45, 7) is 6.38. The minimum Gasteiger partial charge on any atom is -0.424 e. The van der Waals surface area contributed by atoms with Crippen molar-refractivity contribution in [2.45, 2.75) is 33.1 Å². The number of nitrogens with two attached hydrogens (primary N) is 1. The molecule has 1 unspecified atom stereocenters. The monoisotopic (exact) mass is 390 g/mol. The van der Waals surface area contributed by atoms with Crippen LogP contribution in [-0.2, 0) is 4.74 Å². The van der Waals surface area contributed by atoms with Gasteiger partial charge in [-0.1, -0.05) is 39.0 Å². The van der Waals surface area contributed by atoms with Crippen molar-refractivity contribution in [1.82, 2.24) is 20.1 Å². The predicted octanol–water partition coefficient (Wildman–Crippen LogP) is 3.50. The van der Waals surface area contributed by atoms with E-state index in [-0.39, 0.29) is 17.7 Å². The van der Waals surface area contributed by atoms with E-state index in [0.29, 0.717) is 11.5 Å². The molecule has 2 heterocycles. The van der Waals surface area contributed by atoms with Crippen molar-refractivity contribution in [2.24, 2.45) is 11.7 Å². The zero-order valence-electron chi connectivity index (χ0n) is 17.2. The van der Waals surface area contributed by atoms with E-state index in [2.05, 4.69) is 48.3 Å². The normalized spacial score (nSPS) is 17.4. The quantitative estimate of drug-likeness (QED) is 0.783. The fourth-order valence-corrected chi connectivity index (χ4v) is 3.61. The van der Waals surface area contributed by atoms with Crippen molar-refractivity contribution in [1.29, 1.82) is 5.26 Å². The first kappa shape index (κ1) is 20.2. The molecule has 2 aromatic rings. The fourth-order valence-electron chi connectivity index (χ4n) is 3.61. The van der Waals surface area contributed by atoms with E-state index in [1.54, 1.807) is 18.1 Å². The highest BCUT2D eigenvalue weighted by Gasteiger charge is 2.35. The summed E-state index contributed by atoms with van der Waals surface area (Å²) >= 11 is 0. The number of nitriles is 1. The van der Waals surface area contributed by atoms with Gasteiger partial charge < -0.3 is 15.8 Å². The predicted molar refractivity (Wildman–Crippen MR) is 111 cm³/mol. The molecule has 29 heavy (non-hydrogen) atoms. The van der Waals surface area contributed by atoms with Gasteiger partial charge in [-0.2, -0.15) is 10.4 Å². The number of benzene rings is 1. The van der Waals surface area contributed by atoms with Crippen molar-refractivity contribution in [3.05, 3.63) is 77.0 Å². The van der Waals surface area contributed by atoms with Crippen molar-refractivity contribution in [3.63, 3.8) is 0 Å². The third-order valence-corrected chi connectivity index (χ3v) is 4.91. The minimum absolute atomic E-state index is 0.130. The Kier molecular flexibility index (Phi) is 6.03. The van der Waals surface area contributed by atoms with Gasteiger partial charge in [-0.15, -0.1) is 0 Å². The summed E-state index contributed by atoms with van der Waals surface area (Å²) in [5.41, 5.74) is 10.5. The number of ether oxygens (including phenoxy) is 1. The van der Waals surface area contributed by atoms with E-state index in [1.807, 2.05) is 24.3 Å². The van der Waals surface area contributed by atoms with Crippen LogP contribution in [0.5, 0.6) is 0 Å².